The van der Waals surface area contributed by atoms with Crippen molar-refractivity contribution < 1.29 is 24.0 Å². The van der Waals surface area contributed by atoms with E-state index in [2.05, 4.69) is 5.32 Å². The van der Waals surface area contributed by atoms with E-state index in [1.54, 1.807) is 25.1 Å². The molecule has 6 nitrogen and oxygen atoms in total. The largest absolute Gasteiger partial charge is 0.492 e. The van der Waals surface area contributed by atoms with Crippen molar-refractivity contribution in [1.29, 1.82) is 0 Å². The van der Waals surface area contributed by atoms with Crippen molar-refractivity contribution in [1.82, 2.24) is 5.32 Å². The third kappa shape index (κ3) is 4.34. The number of rotatable bonds is 5. The van der Waals surface area contributed by atoms with Gasteiger partial charge < -0.3 is 19.7 Å². The maximum atomic E-state index is 11.4. The van der Waals surface area contributed by atoms with Gasteiger partial charge in [0.15, 0.2) is 0 Å². The van der Waals surface area contributed by atoms with Crippen molar-refractivity contribution in [3.05, 3.63) is 40.4 Å². The highest BCUT2D eigenvalue weighted by Crippen LogP contribution is 2.38. The molecule has 1 aliphatic rings. The van der Waals surface area contributed by atoms with Gasteiger partial charge in [-0.15, -0.1) is 0 Å². The van der Waals surface area contributed by atoms with Crippen molar-refractivity contribution in [3.63, 3.8) is 0 Å². The summed E-state index contributed by atoms with van der Waals surface area (Å²) in [5.41, 5.74) is 1.54. The second-order valence-corrected chi connectivity index (χ2v) is 7.60. The molecule has 1 amide bonds. The molecule has 0 saturated carbocycles. The lowest BCUT2D eigenvalue weighted by Gasteiger charge is -2.32. The average molecular weight is 359 g/mol. The van der Waals surface area contributed by atoms with Gasteiger partial charge in [-0.2, -0.15) is 0 Å². The summed E-state index contributed by atoms with van der Waals surface area (Å²) in [6, 6.07) is 5.10. The summed E-state index contributed by atoms with van der Waals surface area (Å²) >= 11 is 0. The number of carbonyl (C=O) groups excluding carboxylic acids is 1. The number of amides is 1. The van der Waals surface area contributed by atoms with E-state index in [1.807, 2.05) is 33.8 Å². The first kappa shape index (κ1) is 20.2. The second-order valence-electron chi connectivity index (χ2n) is 7.60. The average Bonchev–Trinajstić information content (AvgIpc) is 2.71. The Morgan fingerprint density at radius 3 is 2.23 bits per heavy atom. The highest BCUT2D eigenvalue weighted by Gasteiger charge is 2.52. The third-order valence-corrected chi connectivity index (χ3v) is 4.93. The molecular formula is C19H26BNO5. The maximum Gasteiger partial charge on any atom is 0.492 e. The summed E-state index contributed by atoms with van der Waals surface area (Å²) in [5.74, 6) is -1.10. The topological polar surface area (TPSA) is 84.9 Å². The molecule has 0 radical (unpaired) electrons. The van der Waals surface area contributed by atoms with Crippen LogP contribution in [0.3, 0.4) is 0 Å². The molecule has 0 atom stereocenters. The number of hydrogen-bond donors (Lipinski definition) is 2. The standard InChI is InChI=1S/C19H26BNO5/c1-12-9-14(7-8-16(12)17(23)24)10-15(11-21-13(2)22)20-25-18(3,4)19(5,6)26-20/h7-10H,11H2,1-6H3,(H,21,22)(H,23,24). The van der Waals surface area contributed by atoms with Gasteiger partial charge in [-0.05, 0) is 57.3 Å². The fourth-order valence-corrected chi connectivity index (χ4v) is 2.65. The molecule has 1 aromatic carbocycles. The third-order valence-electron chi connectivity index (χ3n) is 4.93. The Balaban J connectivity index is 2.36. The SMILES string of the molecule is CC(=O)NCC(=Cc1ccc(C(=O)O)c(C)c1)B1OC(C)(C)C(C)(C)O1. The molecule has 1 heterocycles. The minimum atomic E-state index is -0.956. The van der Waals surface area contributed by atoms with Gasteiger partial charge in [0.25, 0.3) is 0 Å². The van der Waals surface area contributed by atoms with Gasteiger partial charge in [-0.25, -0.2) is 4.79 Å². The van der Waals surface area contributed by atoms with E-state index >= 15 is 0 Å². The van der Waals surface area contributed by atoms with E-state index in [9.17, 15) is 9.59 Å². The number of carboxylic acids is 1. The van der Waals surface area contributed by atoms with E-state index in [0.29, 0.717) is 5.56 Å². The van der Waals surface area contributed by atoms with Gasteiger partial charge in [-0.1, -0.05) is 18.2 Å². The first-order valence-corrected chi connectivity index (χ1v) is 8.57. The lowest BCUT2D eigenvalue weighted by atomic mass is 9.76. The van der Waals surface area contributed by atoms with Gasteiger partial charge in [0.2, 0.25) is 5.91 Å². The first-order chi connectivity index (χ1) is 11.9. The van der Waals surface area contributed by atoms with Crippen molar-refractivity contribution in [2.24, 2.45) is 0 Å². The molecule has 0 aliphatic carbocycles. The molecule has 1 aromatic rings. The zero-order chi connectivity index (χ0) is 19.7. The predicted molar refractivity (Wildman–Crippen MR) is 101 cm³/mol. The van der Waals surface area contributed by atoms with Crippen LogP contribution in [0.1, 0.15) is 56.1 Å². The normalized spacial score (nSPS) is 18.7. The van der Waals surface area contributed by atoms with Crippen LogP contribution in [0.5, 0.6) is 0 Å². The zero-order valence-electron chi connectivity index (χ0n) is 16.2. The lowest BCUT2D eigenvalue weighted by molar-refractivity contribution is -0.118. The number of aromatic carboxylic acids is 1. The number of nitrogens with one attached hydrogen (secondary N) is 1. The van der Waals surface area contributed by atoms with Crippen LogP contribution >= 0.6 is 0 Å². The van der Waals surface area contributed by atoms with Gasteiger partial charge >= 0.3 is 13.1 Å². The number of carboxylic acid groups (broad SMARTS) is 1. The quantitative estimate of drug-likeness (QED) is 0.790. The minimum absolute atomic E-state index is 0.148. The summed E-state index contributed by atoms with van der Waals surface area (Å²) in [6.45, 7) is 11.4. The van der Waals surface area contributed by atoms with Crippen LogP contribution in [0.15, 0.2) is 23.7 Å². The van der Waals surface area contributed by atoms with Crippen molar-refractivity contribution in [2.75, 3.05) is 6.54 Å². The van der Waals surface area contributed by atoms with E-state index in [1.165, 1.54) is 6.92 Å². The number of hydrogen-bond acceptors (Lipinski definition) is 4. The smallest absolute Gasteiger partial charge is 0.478 e. The Bertz CT molecular complexity index is 738. The Morgan fingerprint density at radius 2 is 1.77 bits per heavy atom. The van der Waals surface area contributed by atoms with Gasteiger partial charge in [0, 0.05) is 13.5 Å². The van der Waals surface area contributed by atoms with Crippen molar-refractivity contribution in [2.45, 2.75) is 52.7 Å². The molecule has 0 aromatic heterocycles. The van der Waals surface area contributed by atoms with Crippen LogP contribution in [0.2, 0.25) is 0 Å². The van der Waals surface area contributed by atoms with Crippen LogP contribution in [-0.4, -0.2) is 41.8 Å². The molecule has 1 saturated heterocycles. The molecule has 2 N–H and O–H groups in total. The summed E-state index contributed by atoms with van der Waals surface area (Å²) in [6.07, 6.45) is 1.87. The van der Waals surface area contributed by atoms with Crippen LogP contribution in [0.4, 0.5) is 0 Å². The molecule has 7 heteroatoms. The Kier molecular flexibility index (Phi) is 5.63. The summed E-state index contributed by atoms with van der Waals surface area (Å²) in [4.78, 5) is 22.5. The first-order valence-electron chi connectivity index (χ1n) is 8.57. The molecule has 26 heavy (non-hydrogen) atoms. The molecule has 0 unspecified atom stereocenters. The van der Waals surface area contributed by atoms with E-state index in [-0.39, 0.29) is 18.0 Å². The van der Waals surface area contributed by atoms with Gasteiger partial charge in [-0.3, -0.25) is 4.79 Å². The molecule has 0 bridgehead atoms. The van der Waals surface area contributed by atoms with Gasteiger partial charge in [0.05, 0.1) is 16.8 Å². The number of aryl methyl sites for hydroxylation is 1. The number of carbonyl (C=O) groups is 2. The molecule has 0 spiro atoms. The predicted octanol–water partition coefficient (Wildman–Crippen LogP) is 2.84. The highest BCUT2D eigenvalue weighted by molar-refractivity contribution is 6.56. The fraction of sp³-hybridized carbons (Fsp3) is 0.474. The zero-order valence-corrected chi connectivity index (χ0v) is 16.2. The van der Waals surface area contributed by atoms with Crippen LogP contribution < -0.4 is 5.32 Å². The summed E-state index contributed by atoms with van der Waals surface area (Å²) < 4.78 is 12.2. The Labute approximate surface area is 154 Å². The van der Waals surface area contributed by atoms with Crippen LogP contribution in [-0.2, 0) is 14.1 Å². The van der Waals surface area contributed by atoms with E-state index in [0.717, 1.165) is 11.0 Å². The lowest BCUT2D eigenvalue weighted by Crippen LogP contribution is -2.41. The van der Waals surface area contributed by atoms with E-state index < -0.39 is 24.3 Å². The highest BCUT2D eigenvalue weighted by atomic mass is 16.7. The molecule has 140 valence electrons. The Morgan fingerprint density at radius 1 is 1.19 bits per heavy atom. The van der Waals surface area contributed by atoms with Gasteiger partial charge in [0.1, 0.15) is 0 Å². The minimum Gasteiger partial charge on any atom is -0.478 e. The second kappa shape index (κ2) is 7.25. The number of benzene rings is 1. The maximum absolute atomic E-state index is 11.4. The summed E-state index contributed by atoms with van der Waals surface area (Å²) in [5, 5.41) is 11.9. The summed E-state index contributed by atoms with van der Waals surface area (Å²) in [7, 11) is -0.591. The monoisotopic (exact) mass is 359 g/mol. The fourth-order valence-electron chi connectivity index (χ4n) is 2.65. The van der Waals surface area contributed by atoms with Crippen molar-refractivity contribution in [3.8, 4) is 0 Å². The van der Waals surface area contributed by atoms with Crippen LogP contribution in [0, 0.1) is 6.92 Å². The van der Waals surface area contributed by atoms with Crippen LogP contribution in [0.25, 0.3) is 6.08 Å². The molecule has 2 rings (SSSR count). The molecule has 1 fully saturated rings. The van der Waals surface area contributed by atoms with Crippen molar-refractivity contribution >= 4 is 25.1 Å². The Hall–Kier alpha value is -2.12. The molecular weight excluding hydrogens is 333 g/mol. The molecule has 1 aliphatic heterocycles. The van der Waals surface area contributed by atoms with E-state index in [4.69, 9.17) is 14.4 Å².